The molecule has 0 atom stereocenters. The van der Waals surface area contributed by atoms with Crippen LogP contribution in [-0.2, 0) is 4.79 Å². The van der Waals surface area contributed by atoms with Gasteiger partial charge in [0, 0.05) is 5.56 Å². The van der Waals surface area contributed by atoms with Crippen LogP contribution in [0.25, 0.3) is 0 Å². The Morgan fingerprint density at radius 1 is 1.25 bits per heavy atom. The van der Waals surface area contributed by atoms with Crippen LogP contribution in [0.3, 0.4) is 0 Å². The number of rotatable bonds is 0. The molecule has 0 aromatic heterocycles. The predicted octanol–water partition coefficient (Wildman–Crippen LogP) is 1.11. The second-order valence-electron chi connectivity index (χ2n) is 2.04. The van der Waals surface area contributed by atoms with Crippen molar-refractivity contribution in [2.75, 3.05) is 0 Å². The highest BCUT2D eigenvalue weighted by atomic mass is 16.1. The first-order valence-corrected chi connectivity index (χ1v) is 3.33. The zero-order chi connectivity index (χ0) is 8.81. The first kappa shape index (κ1) is 8.04. The Bertz CT molecular complexity index is 390. The summed E-state index contributed by atoms with van der Waals surface area (Å²) >= 11 is 0. The van der Waals surface area contributed by atoms with E-state index in [1.807, 2.05) is 6.07 Å². The molecule has 0 aliphatic carbocycles. The summed E-state index contributed by atoms with van der Waals surface area (Å²) in [6.45, 7) is 0. The molecular formula is C10H5NO. The van der Waals surface area contributed by atoms with Gasteiger partial charge in [0.2, 0.25) is 0 Å². The van der Waals surface area contributed by atoms with Gasteiger partial charge in [0.15, 0.2) is 6.29 Å². The third-order valence-electron chi connectivity index (χ3n) is 1.31. The smallest absolute Gasteiger partial charge is 0.193 e. The van der Waals surface area contributed by atoms with Gasteiger partial charge in [-0.15, -0.1) is 0 Å². The summed E-state index contributed by atoms with van der Waals surface area (Å²) in [7, 11) is 0. The molecule has 0 saturated carbocycles. The quantitative estimate of drug-likeness (QED) is 0.416. The Kier molecular flexibility index (Phi) is 2.65. The zero-order valence-electron chi connectivity index (χ0n) is 6.24. The number of nitrogens with zero attached hydrogens (tertiary/aromatic N) is 1. The standard InChI is InChI=1S/C10H5NO/c11-8-10-5-2-1-4-9(10)6-3-7-12/h1-2,4-5,7H. The van der Waals surface area contributed by atoms with Gasteiger partial charge in [0.1, 0.15) is 6.07 Å². The van der Waals surface area contributed by atoms with E-state index in [1.165, 1.54) is 0 Å². The molecule has 12 heavy (non-hydrogen) atoms. The molecule has 56 valence electrons. The van der Waals surface area contributed by atoms with Crippen molar-refractivity contribution in [3.8, 4) is 17.9 Å². The van der Waals surface area contributed by atoms with E-state index in [4.69, 9.17) is 5.26 Å². The minimum atomic E-state index is 0.492. The normalized spacial score (nSPS) is 7.58. The minimum Gasteiger partial charge on any atom is -0.289 e. The van der Waals surface area contributed by atoms with Crippen molar-refractivity contribution in [3.63, 3.8) is 0 Å². The lowest BCUT2D eigenvalue weighted by molar-refractivity contribution is -0.103. The topological polar surface area (TPSA) is 40.9 Å². The molecule has 0 bridgehead atoms. The van der Waals surface area contributed by atoms with Crippen molar-refractivity contribution in [2.24, 2.45) is 0 Å². The molecule has 0 heterocycles. The molecule has 2 nitrogen and oxygen atoms in total. The number of benzene rings is 1. The molecule has 0 N–H and O–H groups in total. The molecule has 1 rings (SSSR count). The van der Waals surface area contributed by atoms with E-state index in [0.29, 0.717) is 17.4 Å². The molecule has 0 radical (unpaired) electrons. The number of carbonyl (C=O) groups excluding carboxylic acids is 1. The number of nitriles is 1. The fourth-order valence-electron chi connectivity index (χ4n) is 0.797. The third kappa shape index (κ3) is 1.71. The lowest BCUT2D eigenvalue weighted by Gasteiger charge is -1.90. The van der Waals surface area contributed by atoms with E-state index >= 15 is 0 Å². The average molecular weight is 155 g/mol. The van der Waals surface area contributed by atoms with Crippen molar-refractivity contribution in [1.29, 1.82) is 5.26 Å². The van der Waals surface area contributed by atoms with E-state index in [2.05, 4.69) is 11.8 Å². The van der Waals surface area contributed by atoms with Crippen molar-refractivity contribution in [3.05, 3.63) is 35.4 Å². The summed E-state index contributed by atoms with van der Waals surface area (Å²) in [6.07, 6.45) is 0.508. The van der Waals surface area contributed by atoms with Gasteiger partial charge >= 0.3 is 0 Å². The van der Waals surface area contributed by atoms with Gasteiger partial charge in [-0.3, -0.25) is 4.79 Å². The number of carbonyl (C=O) groups is 1. The van der Waals surface area contributed by atoms with E-state index < -0.39 is 0 Å². The van der Waals surface area contributed by atoms with Crippen LogP contribution in [0, 0.1) is 23.2 Å². The maximum atomic E-state index is 9.92. The first-order valence-electron chi connectivity index (χ1n) is 3.33. The first-order chi connectivity index (χ1) is 5.88. The largest absolute Gasteiger partial charge is 0.289 e. The fourth-order valence-corrected chi connectivity index (χ4v) is 0.797. The molecule has 1 aromatic carbocycles. The van der Waals surface area contributed by atoms with Crippen molar-refractivity contribution >= 4 is 6.29 Å². The molecule has 0 saturated heterocycles. The monoisotopic (exact) mass is 155 g/mol. The molecular weight excluding hydrogens is 150 g/mol. The van der Waals surface area contributed by atoms with Crippen LogP contribution in [-0.4, -0.2) is 6.29 Å². The molecule has 0 aliphatic rings. The zero-order valence-corrected chi connectivity index (χ0v) is 6.24. The van der Waals surface area contributed by atoms with Gasteiger partial charge in [0.25, 0.3) is 0 Å². The van der Waals surface area contributed by atoms with Gasteiger partial charge in [0.05, 0.1) is 5.56 Å². The summed E-state index contributed by atoms with van der Waals surface area (Å²) in [4.78, 5) is 9.92. The van der Waals surface area contributed by atoms with E-state index in [1.54, 1.807) is 24.3 Å². The lowest BCUT2D eigenvalue weighted by Crippen LogP contribution is -1.81. The second-order valence-corrected chi connectivity index (χ2v) is 2.04. The summed E-state index contributed by atoms with van der Waals surface area (Å²) < 4.78 is 0. The van der Waals surface area contributed by atoms with Gasteiger partial charge in [-0.25, -0.2) is 0 Å². The molecule has 0 aliphatic heterocycles. The summed E-state index contributed by atoms with van der Waals surface area (Å²) in [5.41, 5.74) is 1.08. The third-order valence-corrected chi connectivity index (χ3v) is 1.31. The van der Waals surface area contributed by atoms with Crippen LogP contribution in [0.15, 0.2) is 24.3 Å². The predicted molar refractivity (Wildman–Crippen MR) is 44.1 cm³/mol. The molecule has 0 spiro atoms. The molecule has 0 fully saturated rings. The number of hydrogen-bond donors (Lipinski definition) is 0. The Labute approximate surface area is 70.4 Å². The SMILES string of the molecule is N#Cc1ccccc1C#CC=O. The van der Waals surface area contributed by atoms with E-state index in [9.17, 15) is 4.79 Å². The maximum Gasteiger partial charge on any atom is 0.193 e. The van der Waals surface area contributed by atoms with Crippen molar-refractivity contribution in [1.82, 2.24) is 0 Å². The Morgan fingerprint density at radius 3 is 2.50 bits per heavy atom. The van der Waals surface area contributed by atoms with Crippen LogP contribution >= 0.6 is 0 Å². The second kappa shape index (κ2) is 3.95. The maximum absolute atomic E-state index is 9.92. The molecule has 0 unspecified atom stereocenters. The van der Waals surface area contributed by atoms with Gasteiger partial charge in [-0.05, 0) is 18.1 Å². The van der Waals surface area contributed by atoms with Gasteiger partial charge < -0.3 is 0 Å². The van der Waals surface area contributed by atoms with Crippen LogP contribution in [0.2, 0.25) is 0 Å². The highest BCUT2D eigenvalue weighted by Crippen LogP contribution is 2.04. The highest BCUT2D eigenvalue weighted by molar-refractivity contribution is 5.74. The molecule has 1 aromatic rings. The van der Waals surface area contributed by atoms with Crippen LogP contribution < -0.4 is 0 Å². The summed E-state index contributed by atoms with van der Waals surface area (Å²) in [5.74, 6) is 4.83. The lowest BCUT2D eigenvalue weighted by atomic mass is 10.1. The summed E-state index contributed by atoms with van der Waals surface area (Å²) in [5, 5.41) is 8.61. The molecule has 2 heteroatoms. The van der Waals surface area contributed by atoms with Gasteiger partial charge in [-0.2, -0.15) is 5.26 Å². The van der Waals surface area contributed by atoms with Crippen molar-refractivity contribution in [2.45, 2.75) is 0 Å². The Morgan fingerprint density at radius 2 is 1.92 bits per heavy atom. The number of aldehydes is 1. The Hall–Kier alpha value is -2.06. The summed E-state index contributed by atoms with van der Waals surface area (Å²) in [6, 6.07) is 8.88. The van der Waals surface area contributed by atoms with E-state index in [-0.39, 0.29) is 0 Å². The average Bonchev–Trinajstić information content (AvgIpc) is 2.15. The fraction of sp³-hybridized carbons (Fsp3) is 0. The van der Waals surface area contributed by atoms with Gasteiger partial charge in [-0.1, -0.05) is 18.1 Å². The number of hydrogen-bond acceptors (Lipinski definition) is 2. The highest BCUT2D eigenvalue weighted by Gasteiger charge is 1.94. The molecule has 0 amide bonds. The van der Waals surface area contributed by atoms with Crippen LogP contribution in [0.5, 0.6) is 0 Å². The van der Waals surface area contributed by atoms with Crippen LogP contribution in [0.4, 0.5) is 0 Å². The van der Waals surface area contributed by atoms with Crippen molar-refractivity contribution < 1.29 is 4.79 Å². The van der Waals surface area contributed by atoms with E-state index in [0.717, 1.165) is 0 Å². The Balaban J connectivity index is 3.16. The minimum absolute atomic E-state index is 0.492. The van der Waals surface area contributed by atoms with Crippen LogP contribution in [0.1, 0.15) is 11.1 Å².